The van der Waals surface area contributed by atoms with Crippen molar-refractivity contribution in [2.75, 3.05) is 26.4 Å². The first-order valence-corrected chi connectivity index (χ1v) is 8.54. The molecule has 24 heavy (non-hydrogen) atoms. The summed E-state index contributed by atoms with van der Waals surface area (Å²) in [5.41, 5.74) is 0.862. The third kappa shape index (κ3) is 4.41. The van der Waals surface area contributed by atoms with Gasteiger partial charge in [-0.25, -0.2) is 0 Å². The van der Waals surface area contributed by atoms with Crippen LogP contribution in [0.5, 0.6) is 17.2 Å². The van der Waals surface area contributed by atoms with Crippen molar-refractivity contribution in [1.82, 2.24) is 5.32 Å². The molecule has 0 aliphatic carbocycles. The second-order valence-corrected chi connectivity index (χ2v) is 6.13. The average molecular weight is 392 g/mol. The maximum absolute atomic E-state index is 12.1. The fourth-order valence-corrected chi connectivity index (χ4v) is 2.82. The van der Waals surface area contributed by atoms with Gasteiger partial charge in [0.05, 0.1) is 13.0 Å². The highest BCUT2D eigenvalue weighted by Crippen LogP contribution is 2.35. The minimum atomic E-state index is -0.0657. The van der Waals surface area contributed by atoms with Crippen molar-refractivity contribution in [3.63, 3.8) is 0 Å². The molecule has 5 nitrogen and oxygen atoms in total. The molecule has 126 valence electrons. The average Bonchev–Trinajstić information content (AvgIpc) is 2.60. The highest BCUT2D eigenvalue weighted by atomic mass is 79.9. The van der Waals surface area contributed by atoms with E-state index in [1.54, 1.807) is 0 Å². The molecule has 0 radical (unpaired) electrons. The molecule has 0 unspecified atom stereocenters. The normalized spacial score (nSPS) is 12.5. The summed E-state index contributed by atoms with van der Waals surface area (Å²) >= 11 is 3.48. The van der Waals surface area contributed by atoms with Crippen LogP contribution in [0.15, 0.2) is 46.9 Å². The predicted molar refractivity (Wildman–Crippen MR) is 93.8 cm³/mol. The summed E-state index contributed by atoms with van der Waals surface area (Å²) in [5.74, 6) is 2.11. The molecule has 0 aromatic heterocycles. The molecule has 2 aromatic carbocycles. The van der Waals surface area contributed by atoms with Crippen LogP contribution in [0.25, 0.3) is 0 Å². The van der Waals surface area contributed by atoms with Crippen LogP contribution in [0.1, 0.15) is 5.56 Å². The lowest BCUT2D eigenvalue weighted by atomic mass is 10.1. The van der Waals surface area contributed by atoms with Crippen LogP contribution in [-0.4, -0.2) is 32.3 Å². The summed E-state index contributed by atoms with van der Waals surface area (Å²) in [6.07, 6.45) is 0.266. The van der Waals surface area contributed by atoms with Gasteiger partial charge in [-0.15, -0.1) is 0 Å². The van der Waals surface area contributed by atoms with E-state index in [4.69, 9.17) is 14.2 Å². The molecule has 1 aliphatic heterocycles. The minimum Gasteiger partial charge on any atom is -0.492 e. The third-order valence-electron chi connectivity index (χ3n) is 3.50. The molecule has 1 N–H and O–H groups in total. The molecule has 6 heteroatoms. The van der Waals surface area contributed by atoms with E-state index >= 15 is 0 Å². The molecular formula is C18H18BrNO4. The summed E-state index contributed by atoms with van der Waals surface area (Å²) in [6, 6.07) is 13.2. The first kappa shape index (κ1) is 16.6. The summed E-state index contributed by atoms with van der Waals surface area (Å²) in [4.78, 5) is 12.1. The number of amides is 1. The third-order valence-corrected chi connectivity index (χ3v) is 4.24. The summed E-state index contributed by atoms with van der Waals surface area (Å²) in [5, 5.41) is 2.85. The van der Waals surface area contributed by atoms with E-state index in [0.29, 0.717) is 37.9 Å². The summed E-state index contributed by atoms with van der Waals surface area (Å²) in [7, 11) is 0. The van der Waals surface area contributed by atoms with Crippen LogP contribution in [0, 0.1) is 0 Å². The standard InChI is InChI=1S/C18H18BrNO4/c19-15-12-17-16(23-8-9-24-17)10-13(15)11-18(21)20-6-7-22-14-4-2-1-3-5-14/h1-5,10,12H,6-9,11H2,(H,20,21). The van der Waals surface area contributed by atoms with E-state index in [-0.39, 0.29) is 12.3 Å². The number of carbonyl (C=O) groups excluding carboxylic acids is 1. The number of benzene rings is 2. The van der Waals surface area contributed by atoms with E-state index < -0.39 is 0 Å². The molecule has 0 fully saturated rings. The monoisotopic (exact) mass is 391 g/mol. The molecule has 0 saturated carbocycles. The highest BCUT2D eigenvalue weighted by molar-refractivity contribution is 9.10. The molecular weight excluding hydrogens is 374 g/mol. The second-order valence-electron chi connectivity index (χ2n) is 5.28. The Morgan fingerprint density at radius 2 is 1.83 bits per heavy atom. The van der Waals surface area contributed by atoms with E-state index in [2.05, 4.69) is 21.2 Å². The summed E-state index contributed by atoms with van der Waals surface area (Å²) in [6.45, 7) is 1.95. The van der Waals surface area contributed by atoms with Crippen LogP contribution in [-0.2, 0) is 11.2 Å². The van der Waals surface area contributed by atoms with Gasteiger partial charge in [-0.2, -0.15) is 0 Å². The molecule has 1 aliphatic rings. The Morgan fingerprint density at radius 3 is 2.58 bits per heavy atom. The molecule has 0 saturated heterocycles. The number of hydrogen-bond acceptors (Lipinski definition) is 4. The van der Waals surface area contributed by atoms with Gasteiger partial charge in [-0.05, 0) is 29.8 Å². The minimum absolute atomic E-state index is 0.0657. The Labute approximate surface area is 149 Å². The van der Waals surface area contributed by atoms with Gasteiger partial charge < -0.3 is 19.5 Å². The molecule has 0 spiro atoms. The van der Waals surface area contributed by atoms with Gasteiger partial charge in [0.15, 0.2) is 11.5 Å². The van der Waals surface area contributed by atoms with Crippen molar-refractivity contribution in [2.24, 2.45) is 0 Å². The van der Waals surface area contributed by atoms with Crippen LogP contribution in [0.4, 0.5) is 0 Å². The molecule has 0 bridgehead atoms. The number of fused-ring (bicyclic) bond motifs is 1. The number of nitrogens with one attached hydrogen (secondary N) is 1. The SMILES string of the molecule is O=C(Cc1cc2c(cc1Br)OCCO2)NCCOc1ccccc1. The zero-order chi connectivity index (χ0) is 16.8. The Balaban J connectivity index is 1.48. The first-order chi connectivity index (χ1) is 11.7. The smallest absolute Gasteiger partial charge is 0.224 e. The van der Waals surface area contributed by atoms with Crippen molar-refractivity contribution < 1.29 is 19.0 Å². The van der Waals surface area contributed by atoms with E-state index in [0.717, 1.165) is 15.8 Å². The molecule has 0 atom stereocenters. The number of carbonyl (C=O) groups is 1. The maximum Gasteiger partial charge on any atom is 0.224 e. The van der Waals surface area contributed by atoms with Gasteiger partial charge in [0.2, 0.25) is 5.91 Å². The van der Waals surface area contributed by atoms with Gasteiger partial charge in [0, 0.05) is 4.47 Å². The van der Waals surface area contributed by atoms with Gasteiger partial charge in [-0.3, -0.25) is 4.79 Å². The second kappa shape index (κ2) is 8.06. The number of para-hydroxylation sites is 1. The van der Waals surface area contributed by atoms with E-state index in [9.17, 15) is 4.79 Å². The predicted octanol–water partition coefficient (Wildman–Crippen LogP) is 2.96. The number of ether oxygens (including phenoxy) is 3. The number of hydrogen-bond donors (Lipinski definition) is 1. The lowest BCUT2D eigenvalue weighted by molar-refractivity contribution is -0.120. The van der Waals surface area contributed by atoms with Crippen molar-refractivity contribution >= 4 is 21.8 Å². The lowest BCUT2D eigenvalue weighted by Crippen LogP contribution is -2.29. The van der Waals surface area contributed by atoms with Crippen molar-refractivity contribution in [3.8, 4) is 17.2 Å². The zero-order valence-corrected chi connectivity index (χ0v) is 14.7. The quantitative estimate of drug-likeness (QED) is 0.769. The Morgan fingerprint density at radius 1 is 1.12 bits per heavy atom. The molecule has 1 heterocycles. The van der Waals surface area contributed by atoms with Crippen molar-refractivity contribution in [2.45, 2.75) is 6.42 Å². The van der Waals surface area contributed by atoms with Crippen LogP contribution in [0.2, 0.25) is 0 Å². The molecule has 2 aromatic rings. The van der Waals surface area contributed by atoms with Gasteiger partial charge in [0.25, 0.3) is 0 Å². The number of rotatable bonds is 6. The largest absolute Gasteiger partial charge is 0.492 e. The van der Waals surface area contributed by atoms with Gasteiger partial charge in [-0.1, -0.05) is 34.1 Å². The Bertz CT molecular complexity index is 706. The van der Waals surface area contributed by atoms with Crippen LogP contribution >= 0.6 is 15.9 Å². The highest BCUT2D eigenvalue weighted by Gasteiger charge is 2.16. The topological polar surface area (TPSA) is 56.8 Å². The van der Waals surface area contributed by atoms with E-state index in [1.165, 1.54) is 0 Å². The fourth-order valence-electron chi connectivity index (χ4n) is 2.35. The lowest BCUT2D eigenvalue weighted by Gasteiger charge is -2.19. The fraction of sp³-hybridized carbons (Fsp3) is 0.278. The van der Waals surface area contributed by atoms with Gasteiger partial charge in [0.1, 0.15) is 25.6 Å². The molecule has 1 amide bonds. The maximum atomic E-state index is 12.1. The molecule has 3 rings (SSSR count). The zero-order valence-electron chi connectivity index (χ0n) is 13.1. The van der Waals surface area contributed by atoms with Crippen LogP contribution < -0.4 is 19.5 Å². The van der Waals surface area contributed by atoms with Crippen molar-refractivity contribution in [1.29, 1.82) is 0 Å². The first-order valence-electron chi connectivity index (χ1n) is 7.75. The van der Waals surface area contributed by atoms with E-state index in [1.807, 2.05) is 42.5 Å². The van der Waals surface area contributed by atoms with Gasteiger partial charge >= 0.3 is 0 Å². The Kier molecular flexibility index (Phi) is 5.59. The Hall–Kier alpha value is -2.21. The van der Waals surface area contributed by atoms with Crippen LogP contribution in [0.3, 0.4) is 0 Å². The van der Waals surface area contributed by atoms with Crippen molar-refractivity contribution in [3.05, 3.63) is 52.5 Å². The number of halogens is 1. The summed E-state index contributed by atoms with van der Waals surface area (Å²) < 4.78 is 17.4.